The lowest BCUT2D eigenvalue weighted by molar-refractivity contribution is 0.262. The van der Waals surface area contributed by atoms with Crippen LogP contribution in [0.4, 0.5) is 0 Å². The molecule has 2 rings (SSSR count). The van der Waals surface area contributed by atoms with Gasteiger partial charge in [0.05, 0.1) is 0 Å². The first kappa shape index (κ1) is 7.18. The van der Waals surface area contributed by atoms with Gasteiger partial charge in [0.15, 0.2) is 0 Å². The Morgan fingerprint density at radius 2 is 1.64 bits per heavy atom. The summed E-state index contributed by atoms with van der Waals surface area (Å²) < 4.78 is 0. The number of fused-ring (bicyclic) bond motifs is 1. The van der Waals surface area contributed by atoms with Crippen molar-refractivity contribution in [2.75, 3.05) is 6.61 Å². The zero-order valence-electron chi connectivity index (χ0n) is 6.71. The van der Waals surface area contributed by atoms with Crippen LogP contribution in [-0.2, 0) is 0 Å². The van der Waals surface area contributed by atoms with Crippen molar-refractivity contribution in [3.8, 4) is 11.8 Å². The molecule has 60 valence electrons. The quantitative estimate of drug-likeness (QED) is 0.560. The van der Waals surface area contributed by atoms with Crippen LogP contribution in [0, 0.1) is 29.6 Å². The van der Waals surface area contributed by atoms with E-state index in [1.165, 1.54) is 12.8 Å². The second-order valence-corrected chi connectivity index (χ2v) is 3.61. The summed E-state index contributed by atoms with van der Waals surface area (Å²) in [5.74, 6) is 8.57. The van der Waals surface area contributed by atoms with Crippen molar-refractivity contribution in [1.82, 2.24) is 0 Å². The summed E-state index contributed by atoms with van der Waals surface area (Å²) in [6.45, 7) is 0.398. The smallest absolute Gasteiger partial charge is 0.0464 e. The third-order valence-corrected chi connectivity index (χ3v) is 3.05. The van der Waals surface area contributed by atoms with Gasteiger partial charge in [-0.15, -0.1) is 11.8 Å². The Morgan fingerprint density at radius 1 is 1.09 bits per heavy atom. The Hall–Kier alpha value is -0.480. The van der Waals surface area contributed by atoms with E-state index in [2.05, 4.69) is 11.8 Å². The zero-order chi connectivity index (χ0) is 7.68. The van der Waals surface area contributed by atoms with Gasteiger partial charge in [-0.25, -0.2) is 0 Å². The molecule has 1 heteroatoms. The van der Waals surface area contributed by atoms with E-state index in [0.717, 1.165) is 24.7 Å². The molecular weight excluding hydrogens is 136 g/mol. The SMILES string of the molecule is OC[C@H]1C2CCC#CCC[C@@H]21. The molecule has 0 aliphatic heterocycles. The lowest BCUT2D eigenvalue weighted by Gasteiger charge is -1.96. The second kappa shape index (κ2) is 2.87. The summed E-state index contributed by atoms with van der Waals surface area (Å²) in [4.78, 5) is 0. The van der Waals surface area contributed by atoms with Crippen LogP contribution in [-0.4, -0.2) is 11.7 Å². The topological polar surface area (TPSA) is 20.2 Å². The molecule has 0 bridgehead atoms. The van der Waals surface area contributed by atoms with Crippen molar-refractivity contribution >= 4 is 0 Å². The van der Waals surface area contributed by atoms with Crippen LogP contribution in [0.15, 0.2) is 0 Å². The highest BCUT2D eigenvalue weighted by Gasteiger charge is 2.47. The fourth-order valence-electron chi connectivity index (χ4n) is 2.31. The predicted molar refractivity (Wildman–Crippen MR) is 43.8 cm³/mol. The van der Waals surface area contributed by atoms with Crippen molar-refractivity contribution in [3.05, 3.63) is 0 Å². The van der Waals surface area contributed by atoms with Gasteiger partial charge in [0, 0.05) is 19.4 Å². The van der Waals surface area contributed by atoms with E-state index in [4.69, 9.17) is 5.11 Å². The van der Waals surface area contributed by atoms with Gasteiger partial charge in [-0.1, -0.05) is 0 Å². The molecule has 0 saturated heterocycles. The summed E-state index contributed by atoms with van der Waals surface area (Å²) in [6.07, 6.45) is 4.56. The van der Waals surface area contributed by atoms with E-state index in [0.29, 0.717) is 12.5 Å². The maximum Gasteiger partial charge on any atom is 0.0464 e. The average molecular weight is 150 g/mol. The Kier molecular flexibility index (Phi) is 1.87. The maximum absolute atomic E-state index is 8.98. The molecule has 1 saturated carbocycles. The van der Waals surface area contributed by atoms with Crippen molar-refractivity contribution in [2.24, 2.45) is 17.8 Å². The van der Waals surface area contributed by atoms with E-state index >= 15 is 0 Å². The summed E-state index contributed by atoms with van der Waals surface area (Å²) in [5, 5.41) is 8.98. The van der Waals surface area contributed by atoms with Crippen molar-refractivity contribution in [1.29, 1.82) is 0 Å². The third-order valence-electron chi connectivity index (χ3n) is 3.05. The van der Waals surface area contributed by atoms with Gasteiger partial charge >= 0.3 is 0 Å². The van der Waals surface area contributed by atoms with E-state index in [1.807, 2.05) is 0 Å². The largest absolute Gasteiger partial charge is 0.396 e. The molecule has 0 aromatic heterocycles. The van der Waals surface area contributed by atoms with Crippen molar-refractivity contribution in [2.45, 2.75) is 25.7 Å². The van der Waals surface area contributed by atoms with Gasteiger partial charge in [-0.2, -0.15) is 0 Å². The standard InChI is InChI=1S/C10H14O/c11-7-10-8-5-3-1-2-4-6-9(8)10/h8-11H,3-7H2/t8-,9?,10+/m0/s1. The van der Waals surface area contributed by atoms with Gasteiger partial charge < -0.3 is 5.11 Å². The second-order valence-electron chi connectivity index (χ2n) is 3.61. The van der Waals surface area contributed by atoms with Crippen LogP contribution in [0.5, 0.6) is 0 Å². The summed E-state index contributed by atoms with van der Waals surface area (Å²) in [5.41, 5.74) is 0. The van der Waals surface area contributed by atoms with Crippen LogP contribution in [0.3, 0.4) is 0 Å². The van der Waals surface area contributed by atoms with Crippen LogP contribution in [0.2, 0.25) is 0 Å². The molecule has 1 N–H and O–H groups in total. The minimum atomic E-state index is 0.398. The summed E-state index contributed by atoms with van der Waals surface area (Å²) >= 11 is 0. The molecular formula is C10H14O. The summed E-state index contributed by atoms with van der Waals surface area (Å²) in [6, 6.07) is 0. The van der Waals surface area contributed by atoms with Crippen LogP contribution >= 0.6 is 0 Å². The van der Waals surface area contributed by atoms with Crippen molar-refractivity contribution < 1.29 is 5.11 Å². The molecule has 0 amide bonds. The highest BCUT2D eigenvalue weighted by atomic mass is 16.3. The average Bonchev–Trinajstić information content (AvgIpc) is 2.60. The van der Waals surface area contributed by atoms with E-state index in [-0.39, 0.29) is 0 Å². The fourth-order valence-corrected chi connectivity index (χ4v) is 2.31. The molecule has 1 fully saturated rings. The molecule has 11 heavy (non-hydrogen) atoms. The first-order valence-corrected chi connectivity index (χ1v) is 4.50. The predicted octanol–water partition coefficient (Wildman–Crippen LogP) is 1.42. The zero-order valence-corrected chi connectivity index (χ0v) is 6.71. The lowest BCUT2D eigenvalue weighted by Crippen LogP contribution is -1.88. The van der Waals surface area contributed by atoms with Gasteiger partial charge in [-0.3, -0.25) is 0 Å². The lowest BCUT2D eigenvalue weighted by atomic mass is 10.1. The van der Waals surface area contributed by atoms with Gasteiger partial charge in [0.25, 0.3) is 0 Å². The van der Waals surface area contributed by atoms with Crippen molar-refractivity contribution in [3.63, 3.8) is 0 Å². The van der Waals surface area contributed by atoms with E-state index < -0.39 is 0 Å². The molecule has 0 radical (unpaired) electrons. The summed E-state index contributed by atoms with van der Waals surface area (Å²) in [7, 11) is 0. The molecule has 2 aliphatic rings. The van der Waals surface area contributed by atoms with Gasteiger partial charge in [-0.05, 0) is 30.6 Å². The molecule has 1 nitrogen and oxygen atoms in total. The number of rotatable bonds is 1. The normalized spacial score (nSPS) is 41.0. The minimum absolute atomic E-state index is 0.398. The monoisotopic (exact) mass is 150 g/mol. The first-order valence-electron chi connectivity index (χ1n) is 4.50. The number of hydrogen-bond acceptors (Lipinski definition) is 1. The minimum Gasteiger partial charge on any atom is -0.396 e. The van der Waals surface area contributed by atoms with Crippen LogP contribution in [0.25, 0.3) is 0 Å². The van der Waals surface area contributed by atoms with Gasteiger partial charge in [0.2, 0.25) is 0 Å². The van der Waals surface area contributed by atoms with Gasteiger partial charge in [0.1, 0.15) is 0 Å². The number of hydrogen-bond donors (Lipinski definition) is 1. The third kappa shape index (κ3) is 1.28. The molecule has 0 aromatic rings. The maximum atomic E-state index is 8.98. The van der Waals surface area contributed by atoms with Crippen LogP contribution in [0.1, 0.15) is 25.7 Å². The Labute approximate surface area is 67.8 Å². The first-order chi connectivity index (χ1) is 5.43. The molecule has 3 atom stereocenters. The Bertz CT molecular complexity index is 181. The fraction of sp³-hybridized carbons (Fsp3) is 0.800. The molecule has 2 aliphatic carbocycles. The van der Waals surface area contributed by atoms with E-state index in [9.17, 15) is 0 Å². The highest BCUT2D eigenvalue weighted by molar-refractivity contribution is 5.07. The Balaban J connectivity index is 1.93. The number of aliphatic hydroxyl groups is 1. The number of aliphatic hydroxyl groups excluding tert-OH is 1. The molecule has 1 unspecified atom stereocenters. The molecule has 0 aromatic carbocycles. The van der Waals surface area contributed by atoms with Crippen LogP contribution < -0.4 is 0 Å². The highest BCUT2D eigenvalue weighted by Crippen LogP contribution is 2.51. The Morgan fingerprint density at radius 3 is 2.09 bits per heavy atom. The molecule has 0 heterocycles. The molecule has 0 spiro atoms. The van der Waals surface area contributed by atoms with E-state index in [1.54, 1.807) is 0 Å².